The third-order valence-corrected chi connectivity index (χ3v) is 8.23. The smallest absolute Gasteiger partial charge is 0.267 e. The first-order chi connectivity index (χ1) is 17.8. The van der Waals surface area contributed by atoms with Crippen molar-refractivity contribution in [1.82, 2.24) is 0 Å². The highest BCUT2D eigenvalue weighted by Crippen LogP contribution is 2.38. The van der Waals surface area contributed by atoms with Crippen molar-refractivity contribution in [3.8, 4) is 11.5 Å². The Hall–Kier alpha value is -3.76. The van der Waals surface area contributed by atoms with Gasteiger partial charge in [-0.3, -0.25) is 9.10 Å². The number of benzene rings is 3. The number of nitrogens with one attached hydrogen (secondary N) is 1. The summed E-state index contributed by atoms with van der Waals surface area (Å²) in [5.74, 6) is 0.450. The summed E-state index contributed by atoms with van der Waals surface area (Å²) >= 11 is 0. The maximum Gasteiger partial charge on any atom is 0.267 e. The Morgan fingerprint density at radius 2 is 1.70 bits per heavy atom. The van der Waals surface area contributed by atoms with Crippen molar-refractivity contribution < 1.29 is 27.4 Å². The van der Waals surface area contributed by atoms with Gasteiger partial charge in [-0.1, -0.05) is 6.07 Å². The molecular weight excluding hydrogens is 494 g/mol. The maximum absolute atomic E-state index is 13.7. The van der Waals surface area contributed by atoms with E-state index in [2.05, 4.69) is 10.2 Å². The fraction of sp³-hybridized carbons (Fsp3) is 0.296. The lowest BCUT2D eigenvalue weighted by Gasteiger charge is -2.35. The van der Waals surface area contributed by atoms with E-state index in [0.717, 1.165) is 24.3 Å². The molecular formula is C27H29N3O6S. The molecule has 2 heterocycles. The number of carbonyl (C=O) groups excluding carboxylic acids is 1. The zero-order valence-corrected chi connectivity index (χ0v) is 21.5. The van der Waals surface area contributed by atoms with E-state index in [1.165, 1.54) is 23.5 Å². The molecule has 3 aromatic carbocycles. The van der Waals surface area contributed by atoms with E-state index in [4.69, 9.17) is 14.2 Å². The summed E-state index contributed by atoms with van der Waals surface area (Å²) in [6, 6.07) is 19.0. The minimum Gasteiger partial charge on any atom is -0.497 e. The molecule has 0 spiro atoms. The number of hydrogen-bond donors (Lipinski definition) is 1. The summed E-state index contributed by atoms with van der Waals surface area (Å²) in [5, 5.41) is 2.87. The first-order valence-corrected chi connectivity index (χ1v) is 13.5. The molecule has 0 radical (unpaired) electrons. The number of nitrogens with zero attached hydrogens (tertiary/aromatic N) is 2. The van der Waals surface area contributed by atoms with Crippen LogP contribution in [0.15, 0.2) is 71.6 Å². The molecule has 2 aliphatic rings. The lowest BCUT2D eigenvalue weighted by molar-refractivity contribution is -0.122. The number of sulfonamides is 1. The molecule has 1 N–H and O–H groups in total. The predicted molar refractivity (Wildman–Crippen MR) is 141 cm³/mol. The van der Waals surface area contributed by atoms with Gasteiger partial charge in [0.1, 0.15) is 11.5 Å². The second-order valence-corrected chi connectivity index (χ2v) is 10.8. The molecule has 0 saturated carbocycles. The van der Waals surface area contributed by atoms with Gasteiger partial charge in [0.25, 0.3) is 15.9 Å². The van der Waals surface area contributed by atoms with Crippen molar-refractivity contribution in [1.29, 1.82) is 0 Å². The fourth-order valence-electron chi connectivity index (χ4n) is 4.40. The number of amides is 1. The molecule has 194 valence electrons. The van der Waals surface area contributed by atoms with Crippen LogP contribution in [-0.4, -0.2) is 60.4 Å². The van der Waals surface area contributed by atoms with Crippen LogP contribution in [0.4, 0.5) is 17.1 Å². The van der Waals surface area contributed by atoms with E-state index in [1.54, 1.807) is 24.3 Å². The SMILES string of the molecule is COc1ccc(S(=O)(=O)N2CC(C(=O)Nc3ccc(N4CCOCC4)cc3)Oc3ccc(C)cc32)cc1. The summed E-state index contributed by atoms with van der Waals surface area (Å²) in [6.07, 6.45) is -1.04. The molecule has 1 unspecified atom stereocenters. The summed E-state index contributed by atoms with van der Waals surface area (Å²) in [7, 11) is -2.45. The molecule has 1 saturated heterocycles. The number of hydrogen-bond acceptors (Lipinski definition) is 7. The standard InChI is InChI=1S/C27H29N3O6S/c1-19-3-12-25-24(17-19)30(37(32,33)23-10-8-22(34-2)9-11-23)18-26(36-25)27(31)28-20-4-6-21(7-5-20)29-13-15-35-16-14-29/h3-12,17,26H,13-16,18H2,1-2H3,(H,28,31). The van der Waals surface area contributed by atoms with Crippen LogP contribution in [0, 0.1) is 6.92 Å². The van der Waals surface area contributed by atoms with Gasteiger partial charge >= 0.3 is 0 Å². The zero-order valence-electron chi connectivity index (χ0n) is 20.7. The van der Waals surface area contributed by atoms with Gasteiger partial charge < -0.3 is 24.4 Å². The Bertz CT molecular complexity index is 1370. The van der Waals surface area contributed by atoms with Gasteiger partial charge in [0.15, 0.2) is 6.10 Å². The molecule has 9 nitrogen and oxygen atoms in total. The number of methoxy groups -OCH3 is 1. The van der Waals surface area contributed by atoms with Crippen molar-refractivity contribution in [2.24, 2.45) is 0 Å². The Kier molecular flexibility index (Phi) is 6.94. The molecule has 1 amide bonds. The summed E-state index contributed by atoms with van der Waals surface area (Å²) in [6.45, 7) is 4.72. The first kappa shape index (κ1) is 24.9. The van der Waals surface area contributed by atoms with E-state index < -0.39 is 22.0 Å². The van der Waals surface area contributed by atoms with Gasteiger partial charge in [-0.25, -0.2) is 8.42 Å². The van der Waals surface area contributed by atoms with Crippen LogP contribution >= 0.6 is 0 Å². The molecule has 2 aliphatic heterocycles. The number of rotatable bonds is 6. The van der Waals surface area contributed by atoms with E-state index in [1.807, 2.05) is 37.3 Å². The molecule has 37 heavy (non-hydrogen) atoms. The zero-order chi connectivity index (χ0) is 26.0. The minimum absolute atomic E-state index is 0.0977. The van der Waals surface area contributed by atoms with Crippen molar-refractivity contribution in [2.45, 2.75) is 17.9 Å². The number of ether oxygens (including phenoxy) is 3. The number of fused-ring (bicyclic) bond motifs is 1. The first-order valence-electron chi connectivity index (χ1n) is 12.0. The largest absolute Gasteiger partial charge is 0.497 e. The van der Waals surface area contributed by atoms with Gasteiger partial charge in [0, 0.05) is 24.5 Å². The van der Waals surface area contributed by atoms with Crippen molar-refractivity contribution in [2.75, 3.05) is 54.5 Å². The number of anilines is 3. The second-order valence-electron chi connectivity index (χ2n) is 8.92. The minimum atomic E-state index is -3.97. The highest BCUT2D eigenvalue weighted by atomic mass is 32.2. The van der Waals surface area contributed by atoms with Crippen LogP contribution in [0.25, 0.3) is 0 Å². The van der Waals surface area contributed by atoms with Gasteiger partial charge in [-0.15, -0.1) is 0 Å². The Morgan fingerprint density at radius 3 is 2.38 bits per heavy atom. The van der Waals surface area contributed by atoms with Crippen LogP contribution in [0.5, 0.6) is 11.5 Å². The van der Waals surface area contributed by atoms with Crippen LogP contribution in [0.2, 0.25) is 0 Å². The third-order valence-electron chi connectivity index (χ3n) is 6.43. The van der Waals surface area contributed by atoms with Gasteiger partial charge in [-0.05, 0) is 73.2 Å². The molecule has 0 aliphatic carbocycles. The number of morpholine rings is 1. The molecule has 1 atom stereocenters. The van der Waals surface area contributed by atoms with Gasteiger partial charge in [0.05, 0.1) is 37.5 Å². The van der Waals surface area contributed by atoms with Crippen LogP contribution in [0.3, 0.4) is 0 Å². The molecule has 3 aromatic rings. The van der Waals surface area contributed by atoms with Crippen molar-refractivity contribution >= 4 is 33.0 Å². The lowest BCUT2D eigenvalue weighted by atomic mass is 10.1. The van der Waals surface area contributed by atoms with Crippen LogP contribution in [0.1, 0.15) is 5.56 Å². The fourth-order valence-corrected chi connectivity index (χ4v) is 5.87. The number of carbonyl (C=O) groups is 1. The van der Waals surface area contributed by atoms with E-state index in [9.17, 15) is 13.2 Å². The molecule has 1 fully saturated rings. The summed E-state index contributed by atoms with van der Waals surface area (Å²) < 4.78 is 45.1. The maximum atomic E-state index is 13.7. The molecule has 5 rings (SSSR count). The molecule has 0 aromatic heterocycles. The van der Waals surface area contributed by atoms with Gasteiger partial charge in [-0.2, -0.15) is 0 Å². The Morgan fingerprint density at radius 1 is 1.00 bits per heavy atom. The summed E-state index contributed by atoms with van der Waals surface area (Å²) in [5.41, 5.74) is 2.93. The highest BCUT2D eigenvalue weighted by molar-refractivity contribution is 7.92. The second kappa shape index (κ2) is 10.3. The van der Waals surface area contributed by atoms with E-state index >= 15 is 0 Å². The monoisotopic (exact) mass is 523 g/mol. The van der Waals surface area contributed by atoms with Crippen LogP contribution < -0.4 is 24.0 Å². The Balaban J connectivity index is 1.38. The average Bonchev–Trinajstić information content (AvgIpc) is 2.93. The van der Waals surface area contributed by atoms with E-state index in [-0.39, 0.29) is 11.4 Å². The topological polar surface area (TPSA) is 97.4 Å². The van der Waals surface area contributed by atoms with Gasteiger partial charge in [0.2, 0.25) is 0 Å². The van der Waals surface area contributed by atoms with E-state index in [0.29, 0.717) is 36.1 Å². The third kappa shape index (κ3) is 5.21. The quantitative estimate of drug-likeness (QED) is 0.529. The Labute approximate surface area is 216 Å². The van der Waals surface area contributed by atoms with Crippen molar-refractivity contribution in [3.63, 3.8) is 0 Å². The number of aryl methyl sites for hydroxylation is 1. The molecule has 10 heteroatoms. The highest BCUT2D eigenvalue weighted by Gasteiger charge is 2.37. The molecule has 0 bridgehead atoms. The normalized spacial score (nSPS) is 17.5. The van der Waals surface area contributed by atoms with Crippen LogP contribution in [-0.2, 0) is 19.6 Å². The average molecular weight is 524 g/mol. The lowest BCUT2D eigenvalue weighted by Crippen LogP contribution is -2.48. The summed E-state index contributed by atoms with van der Waals surface area (Å²) in [4.78, 5) is 15.5. The van der Waals surface area contributed by atoms with Crippen molar-refractivity contribution in [3.05, 3.63) is 72.3 Å². The predicted octanol–water partition coefficient (Wildman–Crippen LogP) is 3.44.